The van der Waals surface area contributed by atoms with Crippen LogP contribution in [0.2, 0.25) is 0 Å². The summed E-state index contributed by atoms with van der Waals surface area (Å²) in [7, 11) is 0. The molecular weight excluding hydrogens is 156 g/mol. The highest BCUT2D eigenvalue weighted by molar-refractivity contribution is 7.08. The van der Waals surface area contributed by atoms with Gasteiger partial charge in [-0.25, -0.2) is 0 Å². The Balaban J connectivity index is 2.04. The van der Waals surface area contributed by atoms with E-state index in [0.717, 1.165) is 0 Å². The molecule has 1 radical (unpaired) electrons. The zero-order valence-electron chi connectivity index (χ0n) is 6.42. The van der Waals surface area contributed by atoms with Crippen molar-refractivity contribution in [1.82, 2.24) is 10.2 Å². The van der Waals surface area contributed by atoms with Crippen molar-refractivity contribution < 1.29 is 0 Å². The van der Waals surface area contributed by atoms with Crippen LogP contribution in [0.1, 0.15) is 43.0 Å². The summed E-state index contributed by atoms with van der Waals surface area (Å²) in [5.74, 6) is 0.701. The predicted molar refractivity (Wildman–Crippen MR) is 44.6 cm³/mol. The zero-order valence-corrected chi connectivity index (χ0v) is 7.23. The van der Waals surface area contributed by atoms with Crippen molar-refractivity contribution in [2.75, 3.05) is 0 Å². The molecule has 0 amide bonds. The molecule has 2 rings (SSSR count). The van der Waals surface area contributed by atoms with E-state index in [0.29, 0.717) is 5.92 Å². The van der Waals surface area contributed by atoms with E-state index in [1.807, 2.05) is 0 Å². The Hall–Kier alpha value is -0.440. The van der Waals surface area contributed by atoms with Crippen LogP contribution in [0.3, 0.4) is 0 Å². The van der Waals surface area contributed by atoms with Crippen LogP contribution in [0.4, 0.5) is 0 Å². The van der Waals surface area contributed by atoms with Gasteiger partial charge in [0.1, 0.15) is 5.01 Å². The molecule has 0 saturated heterocycles. The van der Waals surface area contributed by atoms with Crippen molar-refractivity contribution in [1.29, 1.82) is 0 Å². The second-order valence-electron chi connectivity index (χ2n) is 3.07. The first-order chi connectivity index (χ1) is 5.47. The summed E-state index contributed by atoms with van der Waals surface area (Å²) in [4.78, 5) is 0. The number of nitrogens with zero attached hydrogens (tertiary/aromatic N) is 2. The Labute approximate surface area is 70.7 Å². The van der Waals surface area contributed by atoms with E-state index in [2.05, 4.69) is 15.7 Å². The molecule has 1 aliphatic rings. The number of hydrogen-bond donors (Lipinski definition) is 0. The molecule has 59 valence electrons. The summed E-state index contributed by atoms with van der Waals surface area (Å²) in [6.45, 7) is 0. The van der Waals surface area contributed by atoms with Crippen LogP contribution in [0.5, 0.6) is 0 Å². The van der Waals surface area contributed by atoms with Crippen molar-refractivity contribution in [3.8, 4) is 0 Å². The maximum absolute atomic E-state index is 4.05. The van der Waals surface area contributed by atoms with Gasteiger partial charge in [0.05, 0.1) is 0 Å². The standard InChI is InChI=1S/C8H11N2S/c1-2-4-7(5-3-1)8-10-9-6-11-8/h7H,1-5H2. The molecule has 0 N–H and O–H groups in total. The topological polar surface area (TPSA) is 25.8 Å². The first-order valence-corrected chi connectivity index (χ1v) is 4.98. The van der Waals surface area contributed by atoms with E-state index in [9.17, 15) is 0 Å². The van der Waals surface area contributed by atoms with Crippen LogP contribution in [-0.2, 0) is 0 Å². The normalized spacial score (nSPS) is 20.4. The first kappa shape index (κ1) is 7.22. The van der Waals surface area contributed by atoms with E-state index in [4.69, 9.17) is 0 Å². The lowest BCUT2D eigenvalue weighted by molar-refractivity contribution is 0.440. The van der Waals surface area contributed by atoms with Gasteiger partial charge in [-0.15, -0.1) is 10.2 Å². The molecule has 1 saturated carbocycles. The zero-order chi connectivity index (χ0) is 7.52. The van der Waals surface area contributed by atoms with Gasteiger partial charge in [-0.3, -0.25) is 0 Å². The molecular formula is C8H11N2S. The molecule has 1 aliphatic carbocycles. The van der Waals surface area contributed by atoms with Crippen LogP contribution in [0, 0.1) is 5.51 Å². The Bertz CT molecular complexity index is 202. The van der Waals surface area contributed by atoms with Gasteiger partial charge >= 0.3 is 0 Å². The molecule has 11 heavy (non-hydrogen) atoms. The summed E-state index contributed by atoms with van der Waals surface area (Å²) in [6, 6.07) is 0. The van der Waals surface area contributed by atoms with Crippen LogP contribution in [0.25, 0.3) is 0 Å². The molecule has 0 unspecified atom stereocenters. The lowest BCUT2D eigenvalue weighted by atomic mass is 9.90. The van der Waals surface area contributed by atoms with Gasteiger partial charge in [-0.2, -0.15) is 0 Å². The number of rotatable bonds is 1. The second kappa shape index (κ2) is 3.30. The summed E-state index contributed by atoms with van der Waals surface area (Å²) < 4.78 is 0. The van der Waals surface area contributed by atoms with E-state index in [1.54, 1.807) is 11.3 Å². The number of aromatic nitrogens is 2. The summed E-state index contributed by atoms with van der Waals surface area (Å²) in [5, 5.41) is 8.99. The fourth-order valence-corrected chi connectivity index (χ4v) is 2.33. The molecule has 0 spiro atoms. The van der Waals surface area contributed by atoms with Gasteiger partial charge in [0, 0.05) is 5.92 Å². The Morgan fingerprint density at radius 3 is 2.73 bits per heavy atom. The molecule has 0 aromatic carbocycles. The molecule has 1 heterocycles. The molecule has 1 fully saturated rings. The van der Waals surface area contributed by atoms with Gasteiger partial charge in [0.15, 0.2) is 5.51 Å². The van der Waals surface area contributed by atoms with Crippen LogP contribution >= 0.6 is 11.3 Å². The molecule has 1 aromatic rings. The molecule has 1 aromatic heterocycles. The van der Waals surface area contributed by atoms with Crippen LogP contribution in [0.15, 0.2) is 0 Å². The van der Waals surface area contributed by atoms with Crippen molar-refractivity contribution in [2.24, 2.45) is 0 Å². The Kier molecular flexibility index (Phi) is 2.17. The average molecular weight is 167 g/mol. The highest BCUT2D eigenvalue weighted by Crippen LogP contribution is 2.32. The smallest absolute Gasteiger partial charge is 0.143 e. The van der Waals surface area contributed by atoms with Gasteiger partial charge in [-0.1, -0.05) is 30.6 Å². The van der Waals surface area contributed by atoms with Crippen molar-refractivity contribution in [3.63, 3.8) is 0 Å². The van der Waals surface area contributed by atoms with Crippen LogP contribution in [-0.4, -0.2) is 10.2 Å². The van der Waals surface area contributed by atoms with E-state index in [1.165, 1.54) is 37.1 Å². The average Bonchev–Trinajstić information content (AvgIpc) is 2.58. The fourth-order valence-electron chi connectivity index (χ4n) is 1.67. The third-order valence-electron chi connectivity index (χ3n) is 2.29. The van der Waals surface area contributed by atoms with Crippen molar-refractivity contribution in [2.45, 2.75) is 38.0 Å². The lowest BCUT2D eigenvalue weighted by Gasteiger charge is -2.18. The summed E-state index contributed by atoms with van der Waals surface area (Å²) in [6.07, 6.45) is 6.75. The maximum atomic E-state index is 4.05. The Morgan fingerprint density at radius 2 is 2.09 bits per heavy atom. The molecule has 0 atom stereocenters. The van der Waals surface area contributed by atoms with Gasteiger partial charge in [0.25, 0.3) is 0 Å². The van der Waals surface area contributed by atoms with Gasteiger partial charge < -0.3 is 0 Å². The third-order valence-corrected chi connectivity index (χ3v) is 3.09. The summed E-state index contributed by atoms with van der Waals surface area (Å²) >= 11 is 1.58. The quantitative estimate of drug-likeness (QED) is 0.641. The second-order valence-corrected chi connectivity index (χ2v) is 3.87. The number of hydrogen-bond acceptors (Lipinski definition) is 3. The lowest BCUT2D eigenvalue weighted by Crippen LogP contribution is -2.03. The summed E-state index contributed by atoms with van der Waals surface area (Å²) in [5.41, 5.74) is 2.81. The minimum Gasteiger partial charge on any atom is -0.143 e. The maximum Gasteiger partial charge on any atom is 0.178 e. The predicted octanol–water partition coefficient (Wildman–Crippen LogP) is 2.39. The van der Waals surface area contributed by atoms with Gasteiger partial charge in [-0.05, 0) is 12.8 Å². The molecule has 0 bridgehead atoms. The minimum atomic E-state index is 0.701. The highest BCUT2D eigenvalue weighted by atomic mass is 32.1. The fraction of sp³-hybridized carbons (Fsp3) is 0.750. The molecule has 0 aliphatic heterocycles. The van der Waals surface area contributed by atoms with Gasteiger partial charge in [0.2, 0.25) is 0 Å². The van der Waals surface area contributed by atoms with Crippen LogP contribution < -0.4 is 0 Å². The minimum absolute atomic E-state index is 0.701. The van der Waals surface area contributed by atoms with Crippen molar-refractivity contribution >= 4 is 11.3 Å². The Morgan fingerprint density at radius 1 is 1.27 bits per heavy atom. The van der Waals surface area contributed by atoms with E-state index >= 15 is 0 Å². The highest BCUT2D eigenvalue weighted by Gasteiger charge is 2.17. The van der Waals surface area contributed by atoms with E-state index < -0.39 is 0 Å². The SMILES string of the molecule is [c]1nnc(C2CCCCC2)s1. The molecule has 3 heteroatoms. The van der Waals surface area contributed by atoms with E-state index in [-0.39, 0.29) is 0 Å². The molecule has 2 nitrogen and oxygen atoms in total. The largest absolute Gasteiger partial charge is 0.178 e. The van der Waals surface area contributed by atoms with Crippen molar-refractivity contribution in [3.05, 3.63) is 10.5 Å². The third kappa shape index (κ3) is 1.59. The monoisotopic (exact) mass is 167 g/mol. The first-order valence-electron chi connectivity index (χ1n) is 4.16.